The summed E-state index contributed by atoms with van der Waals surface area (Å²) >= 11 is 0. The Balaban J connectivity index is 2.99. The minimum Gasteiger partial charge on any atom is -0.496 e. The number of rotatable bonds is 5. The van der Waals surface area contributed by atoms with Gasteiger partial charge < -0.3 is 20.9 Å². The Kier molecular flexibility index (Phi) is 4.48. The van der Waals surface area contributed by atoms with Gasteiger partial charge in [-0.05, 0) is 31.2 Å². The lowest BCUT2D eigenvalue weighted by molar-refractivity contribution is -0.139. The number of nitrogens with one attached hydrogen (secondary N) is 1. The molecule has 17 heavy (non-hydrogen) atoms. The van der Waals surface area contributed by atoms with Crippen LogP contribution in [0.5, 0.6) is 5.75 Å². The van der Waals surface area contributed by atoms with E-state index in [1.54, 1.807) is 26.3 Å². The summed E-state index contributed by atoms with van der Waals surface area (Å²) in [4.78, 5) is 11.0. The number of hydrogen-bond acceptors (Lipinski definition) is 4. The van der Waals surface area contributed by atoms with Crippen molar-refractivity contribution in [1.82, 2.24) is 5.32 Å². The maximum Gasteiger partial charge on any atom is 0.322 e. The molecule has 0 aliphatic heterocycles. The van der Waals surface area contributed by atoms with E-state index in [0.717, 1.165) is 16.9 Å². The van der Waals surface area contributed by atoms with Gasteiger partial charge in [0.25, 0.3) is 0 Å². The van der Waals surface area contributed by atoms with Gasteiger partial charge in [0.05, 0.1) is 13.2 Å². The highest BCUT2D eigenvalue weighted by atomic mass is 16.5. The predicted octanol–water partition coefficient (Wildman–Crippen LogP) is 0.676. The molecule has 4 N–H and O–H groups in total. The molecule has 0 saturated carbocycles. The van der Waals surface area contributed by atoms with Gasteiger partial charge in [-0.2, -0.15) is 0 Å². The molecule has 94 valence electrons. The van der Waals surface area contributed by atoms with E-state index >= 15 is 0 Å². The lowest BCUT2D eigenvalue weighted by Crippen LogP contribution is -2.43. The average molecular weight is 238 g/mol. The SMILES string of the molecule is CNC(C(=O)O)C(N)c1ccc(OC)c(C)c1. The molecule has 2 unspecified atom stereocenters. The monoisotopic (exact) mass is 238 g/mol. The summed E-state index contributed by atoms with van der Waals surface area (Å²) in [5.41, 5.74) is 7.63. The van der Waals surface area contributed by atoms with Crippen LogP contribution in [-0.2, 0) is 4.79 Å². The van der Waals surface area contributed by atoms with E-state index in [1.807, 2.05) is 13.0 Å². The Labute approximate surface area is 101 Å². The smallest absolute Gasteiger partial charge is 0.322 e. The maximum atomic E-state index is 11.0. The first kappa shape index (κ1) is 13.5. The molecule has 0 radical (unpaired) electrons. The van der Waals surface area contributed by atoms with Crippen LogP contribution in [0.3, 0.4) is 0 Å². The van der Waals surface area contributed by atoms with Crippen molar-refractivity contribution in [1.29, 1.82) is 0 Å². The summed E-state index contributed by atoms with van der Waals surface area (Å²) in [5.74, 6) is -0.203. The third-order valence-electron chi connectivity index (χ3n) is 2.74. The molecule has 5 heteroatoms. The number of nitrogens with two attached hydrogens (primary N) is 1. The van der Waals surface area contributed by atoms with Crippen LogP contribution in [0, 0.1) is 6.92 Å². The van der Waals surface area contributed by atoms with Gasteiger partial charge in [-0.15, -0.1) is 0 Å². The molecular weight excluding hydrogens is 220 g/mol. The van der Waals surface area contributed by atoms with Crippen LogP contribution in [0.25, 0.3) is 0 Å². The zero-order valence-electron chi connectivity index (χ0n) is 10.2. The first-order valence-electron chi connectivity index (χ1n) is 5.31. The van der Waals surface area contributed by atoms with Crippen molar-refractivity contribution in [3.63, 3.8) is 0 Å². The zero-order valence-corrected chi connectivity index (χ0v) is 10.2. The summed E-state index contributed by atoms with van der Waals surface area (Å²) in [6.07, 6.45) is 0. The molecule has 0 bridgehead atoms. The molecule has 0 aliphatic rings. The van der Waals surface area contributed by atoms with E-state index < -0.39 is 18.1 Å². The van der Waals surface area contributed by atoms with Gasteiger partial charge in [0, 0.05) is 0 Å². The number of hydrogen-bond donors (Lipinski definition) is 3. The second-order valence-corrected chi connectivity index (χ2v) is 3.86. The maximum absolute atomic E-state index is 11.0. The minimum atomic E-state index is -0.964. The van der Waals surface area contributed by atoms with Crippen molar-refractivity contribution < 1.29 is 14.6 Å². The van der Waals surface area contributed by atoms with Crippen LogP contribution in [0.2, 0.25) is 0 Å². The Morgan fingerprint density at radius 3 is 2.59 bits per heavy atom. The molecule has 2 atom stereocenters. The van der Waals surface area contributed by atoms with Crippen molar-refractivity contribution >= 4 is 5.97 Å². The average Bonchev–Trinajstić information content (AvgIpc) is 2.29. The fourth-order valence-corrected chi connectivity index (χ4v) is 1.76. The van der Waals surface area contributed by atoms with Crippen molar-refractivity contribution in [2.45, 2.75) is 19.0 Å². The molecule has 0 heterocycles. The normalized spacial score (nSPS) is 14.1. The van der Waals surface area contributed by atoms with Gasteiger partial charge in [0.15, 0.2) is 0 Å². The summed E-state index contributed by atoms with van der Waals surface area (Å²) in [7, 11) is 3.17. The van der Waals surface area contributed by atoms with E-state index in [1.165, 1.54) is 0 Å². The lowest BCUT2D eigenvalue weighted by Gasteiger charge is -2.20. The predicted molar refractivity (Wildman–Crippen MR) is 65.1 cm³/mol. The summed E-state index contributed by atoms with van der Waals surface area (Å²) in [5, 5.41) is 11.7. The van der Waals surface area contributed by atoms with Gasteiger partial charge in [0.1, 0.15) is 11.8 Å². The Bertz CT molecular complexity index is 407. The lowest BCUT2D eigenvalue weighted by atomic mass is 9.98. The molecular formula is C12H18N2O3. The summed E-state index contributed by atoms with van der Waals surface area (Å²) in [6, 6.07) is 4.02. The summed E-state index contributed by atoms with van der Waals surface area (Å²) in [6.45, 7) is 1.89. The second kappa shape index (κ2) is 5.65. The van der Waals surface area contributed by atoms with E-state index in [2.05, 4.69) is 5.32 Å². The third kappa shape index (κ3) is 2.95. The highest BCUT2D eigenvalue weighted by Gasteiger charge is 2.24. The first-order valence-corrected chi connectivity index (χ1v) is 5.31. The van der Waals surface area contributed by atoms with Gasteiger partial charge in [0.2, 0.25) is 0 Å². The van der Waals surface area contributed by atoms with Gasteiger partial charge >= 0.3 is 5.97 Å². The van der Waals surface area contributed by atoms with Crippen molar-refractivity contribution in [2.75, 3.05) is 14.2 Å². The van der Waals surface area contributed by atoms with Gasteiger partial charge in [-0.1, -0.05) is 12.1 Å². The summed E-state index contributed by atoms with van der Waals surface area (Å²) < 4.78 is 5.14. The van der Waals surface area contributed by atoms with Crippen LogP contribution < -0.4 is 15.8 Å². The number of carboxylic acid groups (broad SMARTS) is 1. The Hall–Kier alpha value is -1.59. The molecule has 0 amide bonds. The topological polar surface area (TPSA) is 84.6 Å². The standard InChI is InChI=1S/C12H18N2O3/c1-7-6-8(4-5-9(7)17-3)10(13)11(14-2)12(15)16/h4-6,10-11,14H,13H2,1-3H3,(H,15,16). The number of benzene rings is 1. The zero-order chi connectivity index (χ0) is 13.0. The van der Waals surface area contributed by atoms with Crippen LogP contribution >= 0.6 is 0 Å². The number of aryl methyl sites for hydroxylation is 1. The molecule has 0 aromatic heterocycles. The van der Waals surface area contributed by atoms with Gasteiger partial charge in [-0.3, -0.25) is 4.79 Å². The van der Waals surface area contributed by atoms with Crippen molar-refractivity contribution in [3.05, 3.63) is 29.3 Å². The van der Waals surface area contributed by atoms with Crippen molar-refractivity contribution in [2.24, 2.45) is 5.73 Å². The first-order chi connectivity index (χ1) is 8.01. The number of aliphatic carboxylic acids is 1. The number of likely N-dealkylation sites (N-methyl/N-ethyl adjacent to an activating group) is 1. The van der Waals surface area contributed by atoms with E-state index in [-0.39, 0.29) is 0 Å². The van der Waals surface area contributed by atoms with E-state index in [4.69, 9.17) is 15.6 Å². The quantitative estimate of drug-likeness (QED) is 0.702. The van der Waals surface area contributed by atoms with Crippen LogP contribution in [0.4, 0.5) is 0 Å². The fraction of sp³-hybridized carbons (Fsp3) is 0.417. The number of methoxy groups -OCH3 is 1. The molecule has 1 rings (SSSR count). The van der Waals surface area contributed by atoms with Crippen LogP contribution in [0.15, 0.2) is 18.2 Å². The highest BCUT2D eigenvalue weighted by molar-refractivity contribution is 5.74. The molecule has 0 spiro atoms. The molecule has 5 nitrogen and oxygen atoms in total. The van der Waals surface area contributed by atoms with Crippen molar-refractivity contribution in [3.8, 4) is 5.75 Å². The fourth-order valence-electron chi connectivity index (χ4n) is 1.76. The molecule has 1 aromatic carbocycles. The minimum absolute atomic E-state index is 0.595. The van der Waals surface area contributed by atoms with E-state index in [9.17, 15) is 4.79 Å². The Morgan fingerprint density at radius 1 is 1.53 bits per heavy atom. The largest absolute Gasteiger partial charge is 0.496 e. The van der Waals surface area contributed by atoms with Crippen LogP contribution in [0.1, 0.15) is 17.2 Å². The molecule has 1 aromatic rings. The second-order valence-electron chi connectivity index (χ2n) is 3.86. The molecule has 0 aliphatic carbocycles. The van der Waals surface area contributed by atoms with Gasteiger partial charge in [-0.25, -0.2) is 0 Å². The third-order valence-corrected chi connectivity index (χ3v) is 2.74. The highest BCUT2D eigenvalue weighted by Crippen LogP contribution is 2.23. The number of ether oxygens (including phenoxy) is 1. The molecule has 0 fully saturated rings. The number of carbonyl (C=O) groups is 1. The Morgan fingerprint density at radius 2 is 2.18 bits per heavy atom. The van der Waals surface area contributed by atoms with Crippen LogP contribution in [-0.4, -0.2) is 31.3 Å². The number of carboxylic acids is 1. The van der Waals surface area contributed by atoms with E-state index in [0.29, 0.717) is 0 Å². The molecule has 0 saturated heterocycles.